The predicted molar refractivity (Wildman–Crippen MR) is 109 cm³/mol. The largest absolute Gasteiger partial charge is 0.453 e. The van der Waals surface area contributed by atoms with E-state index in [-0.39, 0.29) is 0 Å². The highest BCUT2D eigenvalue weighted by Crippen LogP contribution is 2.44. The molecule has 25 heavy (non-hydrogen) atoms. The quantitative estimate of drug-likeness (QED) is 0.616. The van der Waals surface area contributed by atoms with Crippen LogP contribution in [0.3, 0.4) is 0 Å². The molecule has 0 atom stereocenters. The molecule has 0 saturated heterocycles. The molecule has 0 fully saturated rings. The standard InChI is InChI=1S/C21H21NO.C2H6/c1-6-17-20(7-2)23-21-11-9-8-10-18(21)22(17)19-13-15(4)14(3)12-16(19)5;1-2/h6-13H,1-2H2,3-5H3;1-2H3. The van der Waals surface area contributed by atoms with Crippen LogP contribution in [0.2, 0.25) is 0 Å². The smallest absolute Gasteiger partial charge is 0.151 e. The number of benzene rings is 2. The van der Waals surface area contributed by atoms with Gasteiger partial charge in [0.25, 0.3) is 0 Å². The zero-order valence-electron chi connectivity index (χ0n) is 15.9. The van der Waals surface area contributed by atoms with Crippen LogP contribution in [0.15, 0.2) is 73.2 Å². The van der Waals surface area contributed by atoms with E-state index < -0.39 is 0 Å². The minimum Gasteiger partial charge on any atom is -0.453 e. The number of allylic oxidation sites excluding steroid dienone is 2. The molecule has 2 nitrogen and oxygen atoms in total. The van der Waals surface area contributed by atoms with Gasteiger partial charge < -0.3 is 9.64 Å². The van der Waals surface area contributed by atoms with Crippen LogP contribution in [0, 0.1) is 20.8 Å². The SMILES string of the molecule is C=CC1=C(C=C)N(c2cc(C)c(C)cc2C)c2ccccc2O1.CC. The van der Waals surface area contributed by atoms with Gasteiger partial charge in [-0.25, -0.2) is 0 Å². The first-order valence-corrected chi connectivity index (χ1v) is 8.70. The molecule has 0 N–H and O–H groups in total. The molecule has 130 valence electrons. The highest BCUT2D eigenvalue weighted by molar-refractivity contribution is 5.79. The summed E-state index contributed by atoms with van der Waals surface area (Å²) in [6.45, 7) is 18.3. The molecule has 0 amide bonds. The average Bonchev–Trinajstić information content (AvgIpc) is 2.64. The number of para-hydroxylation sites is 2. The van der Waals surface area contributed by atoms with Gasteiger partial charge in [-0.05, 0) is 67.8 Å². The Hall–Kier alpha value is -2.74. The second kappa shape index (κ2) is 7.89. The van der Waals surface area contributed by atoms with E-state index in [1.807, 2.05) is 38.1 Å². The van der Waals surface area contributed by atoms with Crippen molar-refractivity contribution in [2.75, 3.05) is 4.90 Å². The van der Waals surface area contributed by atoms with Crippen molar-refractivity contribution in [2.24, 2.45) is 0 Å². The molecule has 0 radical (unpaired) electrons. The summed E-state index contributed by atoms with van der Waals surface area (Å²) < 4.78 is 5.98. The van der Waals surface area contributed by atoms with Gasteiger partial charge in [0.15, 0.2) is 11.5 Å². The molecule has 0 bridgehead atoms. The lowest BCUT2D eigenvalue weighted by molar-refractivity contribution is 0.431. The molecule has 2 aromatic rings. The number of anilines is 2. The maximum absolute atomic E-state index is 5.98. The van der Waals surface area contributed by atoms with Gasteiger partial charge in [0.1, 0.15) is 0 Å². The van der Waals surface area contributed by atoms with Crippen LogP contribution in [0.1, 0.15) is 30.5 Å². The number of aryl methyl sites for hydroxylation is 3. The third-order valence-corrected chi connectivity index (χ3v) is 4.25. The van der Waals surface area contributed by atoms with Crippen LogP contribution in [-0.2, 0) is 0 Å². The maximum Gasteiger partial charge on any atom is 0.151 e. The van der Waals surface area contributed by atoms with Gasteiger partial charge in [0, 0.05) is 5.69 Å². The minimum absolute atomic E-state index is 0.719. The Labute approximate surface area is 151 Å². The van der Waals surface area contributed by atoms with E-state index in [4.69, 9.17) is 4.74 Å². The highest BCUT2D eigenvalue weighted by Gasteiger charge is 2.26. The molecule has 2 aromatic carbocycles. The first kappa shape index (κ1) is 18.6. The molecule has 0 aromatic heterocycles. The molecular formula is C23H27NO. The Morgan fingerprint density at radius 3 is 2.12 bits per heavy atom. The van der Waals surface area contributed by atoms with Gasteiger partial charge in [0.05, 0.1) is 11.4 Å². The van der Waals surface area contributed by atoms with Crippen molar-refractivity contribution >= 4 is 11.4 Å². The first-order chi connectivity index (χ1) is 12.1. The minimum atomic E-state index is 0.719. The Bertz CT molecular complexity index is 830. The van der Waals surface area contributed by atoms with Crippen molar-refractivity contribution < 1.29 is 4.74 Å². The van der Waals surface area contributed by atoms with Crippen LogP contribution < -0.4 is 9.64 Å². The van der Waals surface area contributed by atoms with Gasteiger partial charge in [-0.3, -0.25) is 0 Å². The first-order valence-electron chi connectivity index (χ1n) is 8.70. The molecule has 1 aliphatic heterocycles. The number of hydrogen-bond donors (Lipinski definition) is 0. The van der Waals surface area contributed by atoms with Crippen molar-refractivity contribution in [3.63, 3.8) is 0 Å². The number of nitrogens with zero attached hydrogens (tertiary/aromatic N) is 1. The van der Waals surface area contributed by atoms with Gasteiger partial charge in [0.2, 0.25) is 0 Å². The van der Waals surface area contributed by atoms with Gasteiger partial charge in [-0.1, -0.05) is 45.2 Å². The molecule has 0 unspecified atom stereocenters. The van der Waals surface area contributed by atoms with E-state index in [2.05, 4.69) is 57.0 Å². The number of hydrogen-bond acceptors (Lipinski definition) is 2. The summed E-state index contributed by atoms with van der Waals surface area (Å²) >= 11 is 0. The Kier molecular flexibility index (Phi) is 5.87. The molecular weight excluding hydrogens is 306 g/mol. The summed E-state index contributed by atoms with van der Waals surface area (Å²) in [6, 6.07) is 12.5. The van der Waals surface area contributed by atoms with Crippen LogP contribution in [-0.4, -0.2) is 0 Å². The number of rotatable bonds is 3. The van der Waals surface area contributed by atoms with Crippen molar-refractivity contribution in [3.8, 4) is 5.75 Å². The molecule has 0 spiro atoms. The third kappa shape index (κ3) is 3.39. The van der Waals surface area contributed by atoms with Crippen molar-refractivity contribution in [3.05, 3.63) is 89.9 Å². The lowest BCUT2D eigenvalue weighted by atomic mass is 10.0. The summed E-state index contributed by atoms with van der Waals surface area (Å²) in [5.41, 5.74) is 6.83. The van der Waals surface area contributed by atoms with Crippen LogP contribution >= 0.6 is 0 Å². The fraction of sp³-hybridized carbons (Fsp3) is 0.217. The fourth-order valence-corrected chi connectivity index (χ4v) is 2.92. The molecule has 3 rings (SSSR count). The molecule has 1 heterocycles. The van der Waals surface area contributed by atoms with Crippen molar-refractivity contribution in [2.45, 2.75) is 34.6 Å². The zero-order valence-corrected chi connectivity index (χ0v) is 15.9. The molecule has 1 aliphatic rings. The predicted octanol–water partition coefficient (Wildman–Crippen LogP) is 6.75. The van der Waals surface area contributed by atoms with E-state index in [1.54, 1.807) is 6.08 Å². The zero-order chi connectivity index (χ0) is 18.6. The summed E-state index contributed by atoms with van der Waals surface area (Å²) in [5.74, 6) is 1.54. The number of ether oxygens (including phenoxy) is 1. The monoisotopic (exact) mass is 333 g/mol. The van der Waals surface area contributed by atoms with E-state index in [9.17, 15) is 0 Å². The van der Waals surface area contributed by atoms with E-state index in [1.165, 1.54) is 16.7 Å². The fourth-order valence-electron chi connectivity index (χ4n) is 2.92. The van der Waals surface area contributed by atoms with Crippen LogP contribution in [0.5, 0.6) is 5.75 Å². The van der Waals surface area contributed by atoms with Gasteiger partial charge in [-0.15, -0.1) is 0 Å². The lowest BCUT2D eigenvalue weighted by Gasteiger charge is -2.34. The van der Waals surface area contributed by atoms with Crippen LogP contribution in [0.4, 0.5) is 11.4 Å². The Balaban J connectivity index is 0.00000109. The van der Waals surface area contributed by atoms with Crippen LogP contribution in [0.25, 0.3) is 0 Å². The Morgan fingerprint density at radius 2 is 1.48 bits per heavy atom. The van der Waals surface area contributed by atoms with E-state index >= 15 is 0 Å². The van der Waals surface area contributed by atoms with E-state index in [0.717, 1.165) is 28.6 Å². The van der Waals surface area contributed by atoms with Crippen molar-refractivity contribution in [1.82, 2.24) is 0 Å². The van der Waals surface area contributed by atoms with Gasteiger partial charge in [-0.2, -0.15) is 0 Å². The van der Waals surface area contributed by atoms with E-state index in [0.29, 0.717) is 0 Å². The number of fused-ring (bicyclic) bond motifs is 1. The summed E-state index contributed by atoms with van der Waals surface area (Å²) in [6.07, 6.45) is 3.55. The summed E-state index contributed by atoms with van der Waals surface area (Å²) in [7, 11) is 0. The normalized spacial score (nSPS) is 12.6. The van der Waals surface area contributed by atoms with Gasteiger partial charge >= 0.3 is 0 Å². The van der Waals surface area contributed by atoms with Crippen molar-refractivity contribution in [1.29, 1.82) is 0 Å². The average molecular weight is 333 g/mol. The molecule has 2 heteroatoms. The second-order valence-electron chi connectivity index (χ2n) is 5.79. The molecule has 0 saturated carbocycles. The molecule has 0 aliphatic carbocycles. The third-order valence-electron chi connectivity index (χ3n) is 4.25. The summed E-state index contributed by atoms with van der Waals surface area (Å²) in [4.78, 5) is 2.20. The second-order valence-corrected chi connectivity index (χ2v) is 5.79. The Morgan fingerprint density at radius 1 is 0.840 bits per heavy atom. The summed E-state index contributed by atoms with van der Waals surface area (Å²) in [5, 5.41) is 0. The highest BCUT2D eigenvalue weighted by atomic mass is 16.5. The topological polar surface area (TPSA) is 12.5 Å². The lowest BCUT2D eigenvalue weighted by Crippen LogP contribution is -2.23. The maximum atomic E-state index is 5.98.